The molecule has 0 aromatic carbocycles. The highest BCUT2D eigenvalue weighted by Gasteiger charge is 2.22. The van der Waals surface area contributed by atoms with Crippen molar-refractivity contribution in [3.05, 3.63) is 0 Å². The second-order valence-electron chi connectivity index (χ2n) is 6.34. The van der Waals surface area contributed by atoms with E-state index in [1.54, 1.807) is 7.11 Å². The summed E-state index contributed by atoms with van der Waals surface area (Å²) in [5, 5.41) is 0. The van der Waals surface area contributed by atoms with E-state index in [-0.39, 0.29) is 0 Å². The highest BCUT2D eigenvalue weighted by molar-refractivity contribution is 5.78. The minimum atomic E-state index is 0.660. The summed E-state index contributed by atoms with van der Waals surface area (Å²) in [6, 6.07) is 0. The first kappa shape index (κ1) is 15.6. The predicted octanol–water partition coefficient (Wildman–Crippen LogP) is 1.00. The fourth-order valence-corrected chi connectivity index (χ4v) is 3.21. The van der Waals surface area contributed by atoms with Gasteiger partial charge in [0.15, 0.2) is 5.96 Å². The molecule has 0 amide bonds. The molecule has 0 aromatic rings. The zero-order valence-electron chi connectivity index (χ0n) is 13.1. The molecule has 2 heterocycles. The first-order valence-corrected chi connectivity index (χ1v) is 7.95. The number of nitrogens with zero attached hydrogens (tertiary/aromatic N) is 3. The van der Waals surface area contributed by atoms with Crippen LogP contribution in [0, 0.1) is 11.8 Å². The zero-order valence-corrected chi connectivity index (χ0v) is 13.1. The van der Waals surface area contributed by atoms with Gasteiger partial charge in [-0.2, -0.15) is 0 Å². The van der Waals surface area contributed by atoms with Gasteiger partial charge in [-0.25, -0.2) is 0 Å². The van der Waals surface area contributed by atoms with Crippen LogP contribution in [0.3, 0.4) is 0 Å². The van der Waals surface area contributed by atoms with Crippen LogP contribution >= 0.6 is 0 Å². The predicted molar refractivity (Wildman–Crippen MR) is 82.9 cm³/mol. The maximum Gasteiger partial charge on any atom is 0.191 e. The van der Waals surface area contributed by atoms with E-state index in [0.29, 0.717) is 5.92 Å². The van der Waals surface area contributed by atoms with Crippen molar-refractivity contribution in [2.75, 3.05) is 53.0 Å². The van der Waals surface area contributed by atoms with Crippen LogP contribution in [0.15, 0.2) is 4.99 Å². The molecule has 2 aliphatic heterocycles. The topological polar surface area (TPSA) is 54.1 Å². The summed E-state index contributed by atoms with van der Waals surface area (Å²) in [7, 11) is 1.76. The molecule has 2 fully saturated rings. The number of hydrogen-bond donors (Lipinski definition) is 1. The molecule has 2 aliphatic rings. The Morgan fingerprint density at radius 1 is 1.30 bits per heavy atom. The Hall–Kier alpha value is -0.810. The first-order valence-electron chi connectivity index (χ1n) is 7.95. The molecule has 2 saturated heterocycles. The summed E-state index contributed by atoms with van der Waals surface area (Å²) >= 11 is 0. The molecule has 5 heteroatoms. The van der Waals surface area contributed by atoms with Crippen LogP contribution in [-0.4, -0.2) is 68.7 Å². The van der Waals surface area contributed by atoms with Gasteiger partial charge >= 0.3 is 0 Å². The van der Waals surface area contributed by atoms with Gasteiger partial charge in [-0.15, -0.1) is 0 Å². The number of rotatable bonds is 5. The largest absolute Gasteiger partial charge is 0.383 e. The maximum atomic E-state index is 6.15. The van der Waals surface area contributed by atoms with E-state index >= 15 is 0 Å². The van der Waals surface area contributed by atoms with Crippen LogP contribution in [0.4, 0.5) is 0 Å². The standard InChI is InChI=1S/C15H30N4O/c1-13-4-3-6-19(11-13)15(16)17-10-14-5-7-18(12-14)8-9-20-2/h13-14H,3-12H2,1-2H3,(H2,16,17)/t13-,14+/m1/s1. The Labute approximate surface area is 123 Å². The second-order valence-corrected chi connectivity index (χ2v) is 6.34. The third-order valence-corrected chi connectivity index (χ3v) is 4.47. The number of guanidine groups is 1. The SMILES string of the molecule is COCCN1CC[C@@H](CN=C(N)N2CCC[C@@H](C)C2)C1. The average Bonchev–Trinajstić information content (AvgIpc) is 2.90. The molecule has 0 saturated carbocycles. The van der Waals surface area contributed by atoms with Crippen molar-refractivity contribution in [1.82, 2.24) is 9.80 Å². The summed E-state index contributed by atoms with van der Waals surface area (Å²) in [6.45, 7) is 9.48. The van der Waals surface area contributed by atoms with Crippen molar-refractivity contribution in [3.8, 4) is 0 Å². The van der Waals surface area contributed by atoms with Gasteiger partial charge in [-0.1, -0.05) is 6.92 Å². The van der Waals surface area contributed by atoms with Gasteiger partial charge in [0.1, 0.15) is 0 Å². The van der Waals surface area contributed by atoms with Gasteiger partial charge in [0.25, 0.3) is 0 Å². The molecule has 116 valence electrons. The molecule has 0 bridgehead atoms. The van der Waals surface area contributed by atoms with E-state index in [4.69, 9.17) is 10.5 Å². The Kier molecular flexibility index (Phi) is 6.10. The van der Waals surface area contributed by atoms with Gasteiger partial charge in [0.05, 0.1) is 6.61 Å². The number of ether oxygens (including phenoxy) is 1. The first-order chi connectivity index (χ1) is 9.69. The number of piperidine rings is 1. The van der Waals surface area contributed by atoms with E-state index in [9.17, 15) is 0 Å². The molecule has 5 nitrogen and oxygen atoms in total. The normalized spacial score (nSPS) is 29.1. The minimum absolute atomic E-state index is 0.660. The Morgan fingerprint density at radius 3 is 2.90 bits per heavy atom. The van der Waals surface area contributed by atoms with Crippen molar-refractivity contribution in [2.45, 2.75) is 26.2 Å². The highest BCUT2D eigenvalue weighted by Crippen LogP contribution is 2.17. The zero-order chi connectivity index (χ0) is 14.4. The third-order valence-electron chi connectivity index (χ3n) is 4.47. The molecule has 0 spiro atoms. The molecule has 0 unspecified atom stereocenters. The summed E-state index contributed by atoms with van der Waals surface area (Å²) in [6.07, 6.45) is 3.80. The molecular weight excluding hydrogens is 252 g/mol. The monoisotopic (exact) mass is 282 g/mol. The lowest BCUT2D eigenvalue weighted by molar-refractivity contribution is 0.159. The van der Waals surface area contributed by atoms with E-state index in [2.05, 4.69) is 21.7 Å². The van der Waals surface area contributed by atoms with Crippen LogP contribution in [0.2, 0.25) is 0 Å². The van der Waals surface area contributed by atoms with Gasteiger partial charge in [0, 0.05) is 39.8 Å². The lowest BCUT2D eigenvalue weighted by Crippen LogP contribution is -2.43. The summed E-state index contributed by atoms with van der Waals surface area (Å²) in [4.78, 5) is 9.36. The maximum absolute atomic E-state index is 6.15. The van der Waals surface area contributed by atoms with Crippen molar-refractivity contribution < 1.29 is 4.74 Å². The van der Waals surface area contributed by atoms with Crippen LogP contribution < -0.4 is 5.73 Å². The number of nitrogens with two attached hydrogens (primary N) is 1. The lowest BCUT2D eigenvalue weighted by atomic mass is 10.0. The average molecular weight is 282 g/mol. The molecule has 0 radical (unpaired) electrons. The summed E-state index contributed by atoms with van der Waals surface area (Å²) in [5.74, 6) is 2.16. The Morgan fingerprint density at radius 2 is 2.15 bits per heavy atom. The minimum Gasteiger partial charge on any atom is -0.383 e. The van der Waals surface area contributed by atoms with Gasteiger partial charge in [-0.05, 0) is 37.6 Å². The summed E-state index contributed by atoms with van der Waals surface area (Å²) in [5.41, 5.74) is 6.15. The van der Waals surface area contributed by atoms with Crippen molar-refractivity contribution in [2.24, 2.45) is 22.6 Å². The summed E-state index contributed by atoms with van der Waals surface area (Å²) < 4.78 is 5.13. The molecule has 2 atom stereocenters. The van der Waals surface area contributed by atoms with Gasteiger partial charge in [0.2, 0.25) is 0 Å². The van der Waals surface area contributed by atoms with Crippen molar-refractivity contribution in [1.29, 1.82) is 0 Å². The van der Waals surface area contributed by atoms with E-state index in [1.807, 2.05) is 0 Å². The molecule has 0 aromatic heterocycles. The number of likely N-dealkylation sites (tertiary alicyclic amines) is 2. The van der Waals surface area contributed by atoms with E-state index < -0.39 is 0 Å². The van der Waals surface area contributed by atoms with E-state index in [1.165, 1.54) is 25.8 Å². The Bertz CT molecular complexity index is 321. The fraction of sp³-hybridized carbons (Fsp3) is 0.933. The van der Waals surface area contributed by atoms with Crippen LogP contribution in [0.1, 0.15) is 26.2 Å². The quantitative estimate of drug-likeness (QED) is 0.604. The molecule has 2 N–H and O–H groups in total. The van der Waals surface area contributed by atoms with Crippen molar-refractivity contribution in [3.63, 3.8) is 0 Å². The number of methoxy groups -OCH3 is 1. The van der Waals surface area contributed by atoms with Crippen molar-refractivity contribution >= 4 is 5.96 Å². The molecule has 2 rings (SSSR count). The second kappa shape index (κ2) is 7.84. The highest BCUT2D eigenvalue weighted by atomic mass is 16.5. The smallest absolute Gasteiger partial charge is 0.191 e. The van der Waals surface area contributed by atoms with Gasteiger partial charge in [-0.3, -0.25) is 4.99 Å². The Balaban J connectivity index is 1.72. The molecular formula is C15H30N4O. The van der Waals surface area contributed by atoms with Crippen LogP contribution in [0.25, 0.3) is 0 Å². The number of aliphatic imine (C=N–C) groups is 1. The number of hydrogen-bond acceptors (Lipinski definition) is 3. The lowest BCUT2D eigenvalue weighted by Gasteiger charge is -2.31. The molecule has 20 heavy (non-hydrogen) atoms. The van der Waals surface area contributed by atoms with E-state index in [0.717, 1.165) is 51.2 Å². The molecule has 0 aliphatic carbocycles. The van der Waals surface area contributed by atoms with Crippen LogP contribution in [-0.2, 0) is 4.74 Å². The van der Waals surface area contributed by atoms with Gasteiger partial charge < -0.3 is 20.3 Å². The van der Waals surface area contributed by atoms with Crippen LogP contribution in [0.5, 0.6) is 0 Å². The third kappa shape index (κ3) is 4.63. The fourth-order valence-electron chi connectivity index (χ4n) is 3.21.